The topological polar surface area (TPSA) is 12.0 Å². The SMILES string of the molecule is CN[BH2-]Cl. The van der Waals surface area contributed by atoms with E-state index in [2.05, 4.69) is 5.23 Å². The highest BCUT2D eigenvalue weighted by Crippen LogP contribution is 1.49. The third kappa shape index (κ3) is 2.31. The second-order valence-electron chi connectivity index (χ2n) is 0.689. The molecule has 0 aliphatic heterocycles. The summed E-state index contributed by atoms with van der Waals surface area (Å²) in [5.74, 6) is 0. The van der Waals surface area contributed by atoms with Gasteiger partial charge in [0, 0.05) is 0 Å². The third-order valence-electron chi connectivity index (χ3n) is 0.189. The lowest BCUT2D eigenvalue weighted by Crippen LogP contribution is -2.03. The second-order valence-corrected chi connectivity index (χ2v) is 1.07. The summed E-state index contributed by atoms with van der Waals surface area (Å²) in [6.45, 7) is -0.264. The third-order valence-corrected chi connectivity index (χ3v) is 0.567. The summed E-state index contributed by atoms with van der Waals surface area (Å²) in [5.41, 5.74) is 0. The Kier molecular flexibility index (Phi) is 3.58. The molecule has 0 aromatic carbocycles. The van der Waals surface area contributed by atoms with Gasteiger partial charge in [-0.1, -0.05) is 7.05 Å². The minimum Gasteiger partial charge on any atom is -0.483 e. The van der Waals surface area contributed by atoms with Crippen LogP contribution < -0.4 is 5.23 Å². The monoisotopic (exact) mass is 78.0 g/mol. The van der Waals surface area contributed by atoms with Crippen LogP contribution in [0.2, 0.25) is 0 Å². The van der Waals surface area contributed by atoms with Crippen LogP contribution in [0.3, 0.4) is 0 Å². The predicted octanol–water partition coefficient (Wildman–Crippen LogP) is -0.557. The van der Waals surface area contributed by atoms with Gasteiger partial charge in [-0.3, -0.25) is 0 Å². The number of nitrogens with one attached hydrogen (secondary N) is 1. The molecule has 0 radical (unpaired) electrons. The van der Waals surface area contributed by atoms with Crippen LogP contribution in [0.4, 0.5) is 0 Å². The van der Waals surface area contributed by atoms with E-state index in [-0.39, 0.29) is 6.83 Å². The van der Waals surface area contributed by atoms with Gasteiger partial charge >= 0.3 is 0 Å². The smallest absolute Gasteiger partial charge is 0.116 e. The molecule has 0 saturated carbocycles. The molecule has 0 heterocycles. The molecule has 0 aliphatic carbocycles. The molecule has 0 aromatic rings. The Morgan fingerprint density at radius 3 is 2.25 bits per heavy atom. The molecule has 0 aliphatic rings. The molecule has 4 heavy (non-hydrogen) atoms. The molecule has 0 fully saturated rings. The van der Waals surface area contributed by atoms with Gasteiger partial charge in [0.15, 0.2) is 0 Å². The first-order valence-corrected chi connectivity index (χ1v) is 2.13. The normalized spacial score (nSPS) is 7.50. The van der Waals surface area contributed by atoms with E-state index in [9.17, 15) is 0 Å². The van der Waals surface area contributed by atoms with E-state index in [0.29, 0.717) is 0 Å². The zero-order valence-electron chi connectivity index (χ0n) is 2.88. The summed E-state index contributed by atoms with van der Waals surface area (Å²) >= 11 is 5.20. The van der Waals surface area contributed by atoms with Crippen LogP contribution in [-0.2, 0) is 0 Å². The molecule has 3 heteroatoms. The zero-order chi connectivity index (χ0) is 3.41. The van der Waals surface area contributed by atoms with Crippen molar-refractivity contribution in [1.29, 1.82) is 0 Å². The van der Waals surface area contributed by atoms with E-state index in [4.69, 9.17) is 11.5 Å². The van der Waals surface area contributed by atoms with Crippen LogP contribution in [0, 0.1) is 0 Å². The van der Waals surface area contributed by atoms with Crippen molar-refractivity contribution < 1.29 is 0 Å². The van der Waals surface area contributed by atoms with Gasteiger partial charge in [0.25, 0.3) is 0 Å². The molecule has 26 valence electrons. The first-order chi connectivity index (χ1) is 1.91. The van der Waals surface area contributed by atoms with Crippen molar-refractivity contribution in [3.63, 3.8) is 0 Å². The van der Waals surface area contributed by atoms with Crippen molar-refractivity contribution in [2.75, 3.05) is 7.05 Å². The van der Waals surface area contributed by atoms with Crippen LogP contribution in [0.25, 0.3) is 0 Å². The first-order valence-electron chi connectivity index (χ1n) is 1.38. The Labute approximate surface area is 31.5 Å². The lowest BCUT2D eigenvalue weighted by molar-refractivity contribution is 1.27. The van der Waals surface area contributed by atoms with Crippen molar-refractivity contribution in [2.45, 2.75) is 0 Å². The van der Waals surface area contributed by atoms with Gasteiger partial charge < -0.3 is 16.7 Å². The lowest BCUT2D eigenvalue weighted by Gasteiger charge is -1.83. The number of halogens is 1. The second kappa shape index (κ2) is 3.31. The van der Waals surface area contributed by atoms with E-state index < -0.39 is 0 Å². The standard InChI is InChI=1S/CH6BClN/c1-4-2-3/h4H,2H2,1H3/q-1. The number of rotatable bonds is 1. The zero-order valence-corrected chi connectivity index (χ0v) is 3.63. The predicted molar refractivity (Wildman–Crippen MR) is 23.5 cm³/mol. The van der Waals surface area contributed by atoms with Crippen LogP contribution in [0.5, 0.6) is 0 Å². The van der Waals surface area contributed by atoms with Gasteiger partial charge in [-0.05, 0) is 0 Å². The molecule has 1 N–H and O–H groups in total. The number of hydrogen-bond acceptors (Lipinski definition) is 1. The van der Waals surface area contributed by atoms with Crippen molar-refractivity contribution in [3.05, 3.63) is 0 Å². The molecular weight excluding hydrogens is 72.3 g/mol. The Morgan fingerprint density at radius 1 is 2.00 bits per heavy atom. The molecule has 0 atom stereocenters. The Balaban J connectivity index is 1.97. The van der Waals surface area contributed by atoms with E-state index >= 15 is 0 Å². The van der Waals surface area contributed by atoms with Crippen molar-refractivity contribution in [2.24, 2.45) is 0 Å². The first kappa shape index (κ1) is 4.31. The van der Waals surface area contributed by atoms with Crippen LogP contribution in [0.1, 0.15) is 0 Å². The maximum Gasteiger partial charge on any atom is 0.116 e. The van der Waals surface area contributed by atoms with E-state index in [0.717, 1.165) is 0 Å². The minimum absolute atomic E-state index is 0.264. The molecule has 0 aromatic heterocycles. The van der Waals surface area contributed by atoms with Crippen molar-refractivity contribution in [1.82, 2.24) is 5.23 Å². The molecule has 1 nitrogen and oxygen atoms in total. The molecule has 0 amide bonds. The van der Waals surface area contributed by atoms with E-state index in [1.54, 1.807) is 0 Å². The van der Waals surface area contributed by atoms with Crippen LogP contribution >= 0.6 is 11.5 Å². The molecule has 0 spiro atoms. The highest BCUT2D eigenvalue weighted by Gasteiger charge is 1.45. The highest BCUT2D eigenvalue weighted by molar-refractivity contribution is 6.92. The van der Waals surface area contributed by atoms with E-state index in [1.165, 1.54) is 0 Å². The minimum atomic E-state index is -0.264. The molecule has 0 bridgehead atoms. The van der Waals surface area contributed by atoms with Gasteiger partial charge in [0.2, 0.25) is 0 Å². The van der Waals surface area contributed by atoms with E-state index in [1.807, 2.05) is 7.05 Å². The molecular formula is CH6BClN-. The quantitative estimate of drug-likeness (QED) is 0.415. The highest BCUT2D eigenvalue weighted by atomic mass is 35.5. The van der Waals surface area contributed by atoms with Gasteiger partial charge in [0.1, 0.15) is 6.83 Å². The average Bonchev–Trinajstić information content (AvgIpc) is 1.37. The maximum atomic E-state index is 5.20. The Morgan fingerprint density at radius 2 is 2.25 bits per heavy atom. The fourth-order valence-corrected chi connectivity index (χ4v) is 0. The molecule has 0 saturated heterocycles. The summed E-state index contributed by atoms with van der Waals surface area (Å²) < 4.78 is 0. The fraction of sp³-hybridized carbons (Fsp3) is 1.00. The Bertz CT molecular complexity index is 10.0. The molecule has 0 rings (SSSR count). The van der Waals surface area contributed by atoms with Crippen molar-refractivity contribution in [3.8, 4) is 0 Å². The lowest BCUT2D eigenvalue weighted by atomic mass is 10.4. The summed E-state index contributed by atoms with van der Waals surface area (Å²) in [6.07, 6.45) is 0. The summed E-state index contributed by atoms with van der Waals surface area (Å²) in [5, 5.41) is 2.82. The van der Waals surface area contributed by atoms with Gasteiger partial charge in [-0.2, -0.15) is 0 Å². The Hall–Kier alpha value is 0.315. The summed E-state index contributed by atoms with van der Waals surface area (Å²) in [4.78, 5) is 0. The van der Waals surface area contributed by atoms with Gasteiger partial charge in [-0.15, -0.1) is 0 Å². The molecule has 0 unspecified atom stereocenters. The fourth-order valence-electron chi connectivity index (χ4n) is 0. The van der Waals surface area contributed by atoms with Crippen LogP contribution in [0.15, 0.2) is 0 Å². The number of hydrogen-bond donors (Lipinski definition) is 1. The van der Waals surface area contributed by atoms with Gasteiger partial charge in [-0.25, -0.2) is 0 Å². The largest absolute Gasteiger partial charge is 0.483 e. The van der Waals surface area contributed by atoms with Gasteiger partial charge in [0.05, 0.1) is 0 Å². The maximum absolute atomic E-state index is 5.20. The summed E-state index contributed by atoms with van der Waals surface area (Å²) in [7, 11) is 1.85. The average molecular weight is 78.3 g/mol. The van der Waals surface area contributed by atoms with Crippen LogP contribution in [-0.4, -0.2) is 13.9 Å². The summed E-state index contributed by atoms with van der Waals surface area (Å²) in [6, 6.07) is 0. The van der Waals surface area contributed by atoms with Crippen molar-refractivity contribution >= 4 is 18.3 Å².